The molecule has 2 N–H and O–H groups in total. The lowest BCUT2D eigenvalue weighted by molar-refractivity contribution is -0.114. The molecule has 4 aromatic rings. The van der Waals surface area contributed by atoms with Gasteiger partial charge in [-0.2, -0.15) is 5.10 Å². The summed E-state index contributed by atoms with van der Waals surface area (Å²) in [5.41, 5.74) is 3.55. The number of aryl methyl sites for hydroxylation is 1. The smallest absolute Gasteiger partial charge is 0.257 e. The molecule has 0 atom stereocenters. The van der Waals surface area contributed by atoms with Crippen LogP contribution in [0.4, 0.5) is 5.82 Å². The monoisotopic (exact) mass is 529 g/mol. The first-order valence-electron chi connectivity index (χ1n) is 13.0. The van der Waals surface area contributed by atoms with Gasteiger partial charge in [-0.15, -0.1) is 0 Å². The SMILES string of the molecule is COc1nc(C)c(-c2ccc3nc(NC(C)=O)cn3n2)cc1C(=O)NCc1cccnc1OCC1CCCC1. The van der Waals surface area contributed by atoms with E-state index in [9.17, 15) is 9.59 Å². The number of methoxy groups -OCH3 is 1. The molecule has 0 radical (unpaired) electrons. The minimum absolute atomic E-state index is 0.217. The van der Waals surface area contributed by atoms with E-state index in [4.69, 9.17) is 9.47 Å². The van der Waals surface area contributed by atoms with Crippen molar-refractivity contribution in [2.45, 2.75) is 46.1 Å². The summed E-state index contributed by atoms with van der Waals surface area (Å²) in [6, 6.07) is 9.02. The van der Waals surface area contributed by atoms with Gasteiger partial charge in [0.25, 0.3) is 5.91 Å². The Morgan fingerprint density at radius 1 is 1.13 bits per heavy atom. The van der Waals surface area contributed by atoms with Crippen LogP contribution < -0.4 is 20.1 Å². The van der Waals surface area contributed by atoms with E-state index in [2.05, 4.69) is 30.7 Å². The molecule has 0 bridgehead atoms. The van der Waals surface area contributed by atoms with Crippen molar-refractivity contribution in [3.63, 3.8) is 0 Å². The van der Waals surface area contributed by atoms with Crippen LogP contribution in [0.5, 0.6) is 11.8 Å². The largest absolute Gasteiger partial charge is 0.480 e. The summed E-state index contributed by atoms with van der Waals surface area (Å²) in [6.07, 6.45) is 8.17. The zero-order chi connectivity index (χ0) is 27.4. The Morgan fingerprint density at radius 2 is 1.95 bits per heavy atom. The Bertz CT molecular complexity index is 1510. The van der Waals surface area contributed by atoms with E-state index in [0.717, 1.165) is 5.56 Å². The number of hydrogen-bond acceptors (Lipinski definition) is 8. The predicted octanol–water partition coefficient (Wildman–Crippen LogP) is 3.96. The fraction of sp³-hybridized carbons (Fsp3) is 0.357. The maximum Gasteiger partial charge on any atom is 0.257 e. The van der Waals surface area contributed by atoms with Gasteiger partial charge in [0.15, 0.2) is 11.5 Å². The van der Waals surface area contributed by atoms with Crippen molar-refractivity contribution in [3.05, 3.63) is 59.5 Å². The molecule has 1 fully saturated rings. The number of nitrogens with zero attached hydrogens (tertiary/aromatic N) is 5. The highest BCUT2D eigenvalue weighted by molar-refractivity contribution is 5.97. The Hall–Kier alpha value is -4.54. The van der Waals surface area contributed by atoms with Gasteiger partial charge < -0.3 is 20.1 Å². The molecule has 4 heterocycles. The highest BCUT2D eigenvalue weighted by Gasteiger charge is 2.20. The van der Waals surface area contributed by atoms with Crippen molar-refractivity contribution in [2.75, 3.05) is 19.0 Å². The second-order valence-corrected chi connectivity index (χ2v) is 9.62. The predicted molar refractivity (Wildman–Crippen MR) is 145 cm³/mol. The number of carbonyl (C=O) groups is 2. The van der Waals surface area contributed by atoms with Crippen LogP contribution in [0.15, 0.2) is 42.7 Å². The van der Waals surface area contributed by atoms with E-state index in [1.807, 2.05) is 19.1 Å². The van der Waals surface area contributed by atoms with Crippen LogP contribution in [0.25, 0.3) is 16.9 Å². The molecule has 11 heteroatoms. The number of rotatable bonds is 9. The number of aromatic nitrogens is 5. The Labute approximate surface area is 226 Å². The highest BCUT2D eigenvalue weighted by Crippen LogP contribution is 2.28. The second-order valence-electron chi connectivity index (χ2n) is 9.62. The van der Waals surface area contributed by atoms with Gasteiger partial charge in [-0.1, -0.05) is 18.9 Å². The van der Waals surface area contributed by atoms with Crippen molar-refractivity contribution in [1.82, 2.24) is 29.9 Å². The van der Waals surface area contributed by atoms with Crippen LogP contribution in [-0.2, 0) is 11.3 Å². The fourth-order valence-electron chi connectivity index (χ4n) is 4.76. The lowest BCUT2D eigenvalue weighted by atomic mass is 10.1. The van der Waals surface area contributed by atoms with Crippen molar-refractivity contribution in [1.29, 1.82) is 0 Å². The third-order valence-electron chi connectivity index (χ3n) is 6.74. The van der Waals surface area contributed by atoms with Gasteiger partial charge in [0, 0.05) is 30.8 Å². The second kappa shape index (κ2) is 11.5. The van der Waals surface area contributed by atoms with Gasteiger partial charge in [0.05, 0.1) is 31.3 Å². The molecule has 4 aromatic heterocycles. The van der Waals surface area contributed by atoms with Crippen molar-refractivity contribution >= 4 is 23.3 Å². The quantitative estimate of drug-likeness (QED) is 0.333. The Balaban J connectivity index is 1.36. The van der Waals surface area contributed by atoms with Crippen molar-refractivity contribution < 1.29 is 19.1 Å². The summed E-state index contributed by atoms with van der Waals surface area (Å²) in [4.78, 5) is 37.9. The molecule has 39 heavy (non-hydrogen) atoms. The van der Waals surface area contributed by atoms with E-state index >= 15 is 0 Å². The lowest BCUT2D eigenvalue weighted by Gasteiger charge is -2.15. The van der Waals surface area contributed by atoms with Crippen LogP contribution in [0.3, 0.4) is 0 Å². The fourth-order valence-corrected chi connectivity index (χ4v) is 4.76. The number of hydrogen-bond donors (Lipinski definition) is 2. The summed E-state index contributed by atoms with van der Waals surface area (Å²) in [7, 11) is 1.48. The average molecular weight is 530 g/mol. The zero-order valence-electron chi connectivity index (χ0n) is 22.2. The van der Waals surface area contributed by atoms with Crippen LogP contribution in [0.2, 0.25) is 0 Å². The molecule has 2 amide bonds. The molecule has 0 spiro atoms. The first-order valence-corrected chi connectivity index (χ1v) is 13.0. The average Bonchev–Trinajstić information content (AvgIpc) is 3.59. The molecule has 202 valence electrons. The maximum absolute atomic E-state index is 13.3. The lowest BCUT2D eigenvalue weighted by Crippen LogP contribution is -2.24. The van der Waals surface area contributed by atoms with Gasteiger partial charge >= 0.3 is 0 Å². The van der Waals surface area contributed by atoms with E-state index in [1.54, 1.807) is 35.1 Å². The van der Waals surface area contributed by atoms with Crippen LogP contribution in [0.1, 0.15) is 54.2 Å². The number of carbonyl (C=O) groups excluding carboxylic acids is 2. The first kappa shape index (κ1) is 26.1. The van der Waals surface area contributed by atoms with Crippen molar-refractivity contribution in [3.8, 4) is 23.0 Å². The summed E-state index contributed by atoms with van der Waals surface area (Å²) in [5.74, 6) is 1.15. The molecule has 0 aromatic carbocycles. The number of amides is 2. The topological polar surface area (TPSA) is 133 Å². The number of imidazole rings is 1. The molecule has 0 saturated heterocycles. The third-order valence-corrected chi connectivity index (χ3v) is 6.74. The van der Waals surface area contributed by atoms with Crippen molar-refractivity contribution in [2.24, 2.45) is 5.92 Å². The standard InChI is InChI=1S/C28H31N7O4/c1-17-21(23-10-11-25-33-24(32-18(2)36)15-35(25)34-23)13-22(28(31-17)38-3)26(37)30-14-20-9-6-12-29-27(20)39-16-19-7-4-5-8-19/h6,9-13,15,19H,4-5,7-8,14,16H2,1-3H3,(H,30,37)(H,32,36). The number of nitrogens with one attached hydrogen (secondary N) is 2. The van der Waals surface area contributed by atoms with Gasteiger partial charge in [-0.05, 0) is 49.9 Å². The molecular formula is C28H31N7O4. The molecule has 0 aliphatic heterocycles. The van der Waals surface area contributed by atoms with E-state index < -0.39 is 0 Å². The Kier molecular flexibility index (Phi) is 7.67. The molecular weight excluding hydrogens is 498 g/mol. The van der Waals surface area contributed by atoms with E-state index in [0.29, 0.717) is 46.8 Å². The minimum Gasteiger partial charge on any atom is -0.480 e. The third kappa shape index (κ3) is 5.97. The van der Waals surface area contributed by atoms with E-state index in [-0.39, 0.29) is 29.8 Å². The van der Waals surface area contributed by atoms with Gasteiger partial charge in [-0.3, -0.25) is 9.59 Å². The number of fused-ring (bicyclic) bond motifs is 1. The Morgan fingerprint density at radius 3 is 2.72 bits per heavy atom. The number of ether oxygens (including phenoxy) is 2. The van der Waals surface area contributed by atoms with Crippen LogP contribution >= 0.6 is 0 Å². The summed E-state index contributed by atoms with van der Waals surface area (Å²) in [5, 5.41) is 10.2. The van der Waals surface area contributed by atoms with Gasteiger partial charge in [0.1, 0.15) is 5.56 Å². The molecule has 0 unspecified atom stereocenters. The molecule has 11 nitrogen and oxygen atoms in total. The normalized spacial score (nSPS) is 13.4. The maximum atomic E-state index is 13.3. The van der Waals surface area contributed by atoms with E-state index in [1.165, 1.54) is 39.7 Å². The van der Waals surface area contributed by atoms with Crippen LogP contribution in [0, 0.1) is 12.8 Å². The molecule has 1 aliphatic rings. The van der Waals surface area contributed by atoms with Crippen LogP contribution in [-0.4, -0.2) is 50.1 Å². The van der Waals surface area contributed by atoms with Gasteiger partial charge in [0.2, 0.25) is 17.7 Å². The summed E-state index contributed by atoms with van der Waals surface area (Å²) >= 11 is 0. The minimum atomic E-state index is -0.345. The number of pyridine rings is 2. The highest BCUT2D eigenvalue weighted by atomic mass is 16.5. The number of anilines is 1. The molecule has 1 aliphatic carbocycles. The first-order chi connectivity index (χ1) is 18.9. The summed E-state index contributed by atoms with van der Waals surface area (Å²) in [6.45, 7) is 4.12. The molecule has 1 saturated carbocycles. The van der Waals surface area contributed by atoms with Gasteiger partial charge in [-0.25, -0.2) is 19.5 Å². The zero-order valence-corrected chi connectivity index (χ0v) is 22.2. The molecule has 5 rings (SSSR count). The summed E-state index contributed by atoms with van der Waals surface area (Å²) < 4.78 is 13.0.